The Labute approximate surface area is 190 Å². The van der Waals surface area contributed by atoms with E-state index in [1.54, 1.807) is 0 Å². The molecule has 0 bridgehead atoms. The number of rotatable bonds is 8. The number of amides is 1. The van der Waals surface area contributed by atoms with Gasteiger partial charge in [-0.3, -0.25) is 4.79 Å². The quantitative estimate of drug-likeness (QED) is 0.481. The highest BCUT2D eigenvalue weighted by atomic mass is 32.1. The molecule has 1 aromatic carbocycles. The maximum absolute atomic E-state index is 12.5. The summed E-state index contributed by atoms with van der Waals surface area (Å²) in [6.45, 7) is 11.1. The zero-order valence-electron chi connectivity index (χ0n) is 18.9. The highest BCUT2D eigenvalue weighted by molar-refractivity contribution is 7.14. The minimum atomic E-state index is 0.0870. The second-order valence-electron chi connectivity index (χ2n) is 7.73. The summed E-state index contributed by atoms with van der Waals surface area (Å²) in [6, 6.07) is 12.6. The van der Waals surface area contributed by atoms with E-state index in [0.29, 0.717) is 12.6 Å². The van der Waals surface area contributed by atoms with Crippen molar-refractivity contribution in [3.05, 3.63) is 52.9 Å². The van der Waals surface area contributed by atoms with Crippen molar-refractivity contribution in [1.82, 2.24) is 15.5 Å². The van der Waals surface area contributed by atoms with Gasteiger partial charge in [0, 0.05) is 44.3 Å². The van der Waals surface area contributed by atoms with E-state index in [1.807, 2.05) is 54.3 Å². The Morgan fingerprint density at radius 1 is 1.13 bits per heavy atom. The lowest BCUT2D eigenvalue weighted by Gasteiger charge is -2.33. The molecular formula is C24H35N5OS. The minimum absolute atomic E-state index is 0.0870. The molecule has 3 rings (SSSR count). The van der Waals surface area contributed by atoms with Gasteiger partial charge in [-0.1, -0.05) is 12.1 Å². The molecule has 31 heavy (non-hydrogen) atoms. The summed E-state index contributed by atoms with van der Waals surface area (Å²) in [5.41, 5.74) is 1.83. The predicted octanol–water partition coefficient (Wildman–Crippen LogP) is 3.95. The highest BCUT2D eigenvalue weighted by Gasteiger charge is 2.20. The molecule has 1 aliphatic heterocycles. The number of nitrogens with one attached hydrogen (secondary N) is 2. The summed E-state index contributed by atoms with van der Waals surface area (Å²) < 4.78 is 0. The molecule has 0 radical (unpaired) electrons. The lowest BCUT2D eigenvalue weighted by Crippen LogP contribution is -2.48. The van der Waals surface area contributed by atoms with Crippen LogP contribution in [0.2, 0.25) is 0 Å². The SMILES string of the molecule is CCNC(=NCc1ccc(C(=O)N(CC)CC)cc1)NC1CCN(c2cccs2)CC1. The Balaban J connectivity index is 1.54. The molecule has 1 saturated heterocycles. The van der Waals surface area contributed by atoms with Gasteiger partial charge in [0.05, 0.1) is 11.5 Å². The molecule has 0 unspecified atom stereocenters. The normalized spacial score (nSPS) is 15.1. The van der Waals surface area contributed by atoms with Crippen LogP contribution >= 0.6 is 11.3 Å². The number of hydrogen-bond donors (Lipinski definition) is 2. The number of guanidine groups is 1. The first-order chi connectivity index (χ1) is 15.1. The second-order valence-corrected chi connectivity index (χ2v) is 8.65. The smallest absolute Gasteiger partial charge is 0.253 e. The zero-order valence-corrected chi connectivity index (χ0v) is 19.8. The predicted molar refractivity (Wildman–Crippen MR) is 131 cm³/mol. The molecular weight excluding hydrogens is 406 g/mol. The van der Waals surface area contributed by atoms with E-state index in [2.05, 4.69) is 40.0 Å². The van der Waals surface area contributed by atoms with Gasteiger partial charge in [-0.25, -0.2) is 4.99 Å². The monoisotopic (exact) mass is 441 g/mol. The van der Waals surface area contributed by atoms with Gasteiger partial charge < -0.3 is 20.4 Å². The van der Waals surface area contributed by atoms with Gasteiger partial charge >= 0.3 is 0 Å². The van der Waals surface area contributed by atoms with Crippen molar-refractivity contribution < 1.29 is 4.79 Å². The number of nitrogens with zero attached hydrogens (tertiary/aromatic N) is 3. The third-order valence-electron chi connectivity index (χ3n) is 5.67. The van der Waals surface area contributed by atoms with Gasteiger partial charge in [0.1, 0.15) is 0 Å². The molecule has 6 nitrogen and oxygen atoms in total. The molecule has 2 aromatic rings. The first-order valence-corrected chi connectivity index (χ1v) is 12.2. The summed E-state index contributed by atoms with van der Waals surface area (Å²) in [5, 5.41) is 10.5. The van der Waals surface area contributed by atoms with Crippen LogP contribution in [0.3, 0.4) is 0 Å². The van der Waals surface area contributed by atoms with Crippen molar-refractivity contribution in [2.75, 3.05) is 37.6 Å². The lowest BCUT2D eigenvalue weighted by molar-refractivity contribution is 0.0773. The van der Waals surface area contributed by atoms with Crippen LogP contribution in [0.5, 0.6) is 0 Å². The Morgan fingerprint density at radius 2 is 1.84 bits per heavy atom. The Kier molecular flexibility index (Phi) is 8.76. The topological polar surface area (TPSA) is 60.0 Å². The average molecular weight is 442 g/mol. The van der Waals surface area contributed by atoms with Crippen LogP contribution in [0, 0.1) is 0 Å². The number of carbonyl (C=O) groups is 1. The van der Waals surface area contributed by atoms with Gasteiger partial charge in [-0.15, -0.1) is 11.3 Å². The Hall–Kier alpha value is -2.54. The van der Waals surface area contributed by atoms with E-state index < -0.39 is 0 Å². The van der Waals surface area contributed by atoms with E-state index in [-0.39, 0.29) is 5.91 Å². The summed E-state index contributed by atoms with van der Waals surface area (Å²) >= 11 is 1.81. The molecule has 1 aromatic heterocycles. The largest absolute Gasteiger partial charge is 0.363 e. The van der Waals surface area contributed by atoms with Crippen molar-refractivity contribution in [3.8, 4) is 0 Å². The van der Waals surface area contributed by atoms with Crippen LogP contribution < -0.4 is 15.5 Å². The van der Waals surface area contributed by atoms with Crippen LogP contribution in [0.15, 0.2) is 46.8 Å². The fourth-order valence-corrected chi connectivity index (χ4v) is 4.61. The van der Waals surface area contributed by atoms with Crippen molar-refractivity contribution in [1.29, 1.82) is 0 Å². The maximum atomic E-state index is 12.5. The van der Waals surface area contributed by atoms with E-state index >= 15 is 0 Å². The summed E-state index contributed by atoms with van der Waals surface area (Å²) in [7, 11) is 0. The number of piperidine rings is 1. The van der Waals surface area contributed by atoms with Crippen LogP contribution in [-0.2, 0) is 6.54 Å². The van der Waals surface area contributed by atoms with Crippen LogP contribution in [0.1, 0.15) is 49.5 Å². The fourth-order valence-electron chi connectivity index (χ4n) is 3.82. The standard InChI is InChI=1S/C24H35N5OS/c1-4-25-24(27-21-13-15-29(16-14-21)22-8-7-17-31-22)26-18-19-9-11-20(12-10-19)23(30)28(5-2)6-3/h7-12,17,21H,4-6,13-16,18H2,1-3H3,(H2,25,26,27). The number of aliphatic imine (C=N–C) groups is 1. The summed E-state index contributed by atoms with van der Waals surface area (Å²) in [4.78, 5) is 21.5. The minimum Gasteiger partial charge on any atom is -0.363 e. The molecule has 2 N–H and O–H groups in total. The number of anilines is 1. The zero-order chi connectivity index (χ0) is 22.1. The van der Waals surface area contributed by atoms with E-state index in [0.717, 1.165) is 62.7 Å². The van der Waals surface area contributed by atoms with Crippen molar-refractivity contribution >= 4 is 28.2 Å². The number of thiophene rings is 1. The van der Waals surface area contributed by atoms with Crippen LogP contribution in [0.25, 0.3) is 0 Å². The number of hydrogen-bond acceptors (Lipinski definition) is 4. The Morgan fingerprint density at radius 3 is 2.42 bits per heavy atom. The first kappa shape index (κ1) is 23.1. The molecule has 1 fully saturated rings. The molecule has 7 heteroatoms. The summed E-state index contributed by atoms with van der Waals surface area (Å²) in [6.07, 6.45) is 2.20. The number of benzene rings is 1. The van der Waals surface area contributed by atoms with Gasteiger partial charge in [0.15, 0.2) is 5.96 Å². The third kappa shape index (κ3) is 6.47. The van der Waals surface area contributed by atoms with Crippen molar-refractivity contribution in [3.63, 3.8) is 0 Å². The molecule has 1 amide bonds. The summed E-state index contributed by atoms with van der Waals surface area (Å²) in [5.74, 6) is 0.948. The molecule has 0 atom stereocenters. The molecule has 0 spiro atoms. The third-order valence-corrected chi connectivity index (χ3v) is 6.60. The lowest BCUT2D eigenvalue weighted by atomic mass is 10.1. The van der Waals surface area contributed by atoms with Crippen molar-refractivity contribution in [2.45, 2.75) is 46.2 Å². The average Bonchev–Trinajstić information content (AvgIpc) is 3.34. The highest BCUT2D eigenvalue weighted by Crippen LogP contribution is 2.24. The fraction of sp³-hybridized carbons (Fsp3) is 0.500. The van der Waals surface area contributed by atoms with E-state index in [4.69, 9.17) is 4.99 Å². The molecule has 2 heterocycles. The first-order valence-electron chi connectivity index (χ1n) is 11.4. The van der Waals surface area contributed by atoms with Gasteiger partial charge in [-0.05, 0) is 68.8 Å². The van der Waals surface area contributed by atoms with Gasteiger partial charge in [-0.2, -0.15) is 0 Å². The van der Waals surface area contributed by atoms with Crippen LogP contribution in [0.4, 0.5) is 5.00 Å². The molecule has 0 aliphatic carbocycles. The number of carbonyl (C=O) groups excluding carboxylic acids is 1. The second kappa shape index (κ2) is 11.7. The van der Waals surface area contributed by atoms with Gasteiger partial charge in [0.25, 0.3) is 5.91 Å². The molecule has 168 valence electrons. The maximum Gasteiger partial charge on any atom is 0.253 e. The van der Waals surface area contributed by atoms with Gasteiger partial charge in [0.2, 0.25) is 0 Å². The molecule has 0 saturated carbocycles. The van der Waals surface area contributed by atoms with Crippen LogP contribution in [-0.4, -0.2) is 55.5 Å². The Bertz CT molecular complexity index is 822. The van der Waals surface area contributed by atoms with Crippen molar-refractivity contribution in [2.24, 2.45) is 4.99 Å². The molecule has 1 aliphatic rings. The van der Waals surface area contributed by atoms with E-state index in [9.17, 15) is 4.79 Å². The van der Waals surface area contributed by atoms with E-state index in [1.165, 1.54) is 5.00 Å².